The first-order chi connectivity index (χ1) is 8.08. The van der Waals surface area contributed by atoms with Crippen LogP contribution < -0.4 is 5.73 Å². The van der Waals surface area contributed by atoms with Crippen molar-refractivity contribution in [1.82, 2.24) is 14.9 Å². The van der Waals surface area contributed by atoms with Gasteiger partial charge in [-0.05, 0) is 25.3 Å². The maximum Gasteiger partial charge on any atom is 0.220 e. The standard InChI is InChI=1S/C12H18N4O/c1-8-6-14-12(13)15-11(8)10-4-3-5-16(7-10)9(2)17/h6,10H,3-5,7H2,1-2H3,(H2,13,14,15)/t10-/m1/s1. The van der Waals surface area contributed by atoms with Crippen LogP contribution in [-0.4, -0.2) is 33.9 Å². The van der Waals surface area contributed by atoms with E-state index >= 15 is 0 Å². The van der Waals surface area contributed by atoms with E-state index in [2.05, 4.69) is 9.97 Å². The van der Waals surface area contributed by atoms with E-state index in [1.54, 1.807) is 13.1 Å². The van der Waals surface area contributed by atoms with E-state index in [9.17, 15) is 4.79 Å². The van der Waals surface area contributed by atoms with Crippen LogP contribution in [0, 0.1) is 6.92 Å². The summed E-state index contributed by atoms with van der Waals surface area (Å²) in [5.41, 5.74) is 7.67. The Morgan fingerprint density at radius 1 is 1.59 bits per heavy atom. The molecule has 0 aromatic carbocycles. The van der Waals surface area contributed by atoms with Gasteiger partial charge in [0.1, 0.15) is 0 Å². The van der Waals surface area contributed by atoms with Crippen molar-refractivity contribution in [2.45, 2.75) is 32.6 Å². The molecule has 0 radical (unpaired) electrons. The number of hydrogen-bond donors (Lipinski definition) is 1. The molecule has 0 spiro atoms. The molecule has 17 heavy (non-hydrogen) atoms. The first-order valence-corrected chi connectivity index (χ1v) is 5.92. The van der Waals surface area contributed by atoms with E-state index in [1.807, 2.05) is 11.8 Å². The SMILES string of the molecule is CC(=O)N1CCC[C@@H](c2nc(N)ncc2C)C1. The fraction of sp³-hybridized carbons (Fsp3) is 0.583. The van der Waals surface area contributed by atoms with Gasteiger partial charge >= 0.3 is 0 Å². The molecule has 1 aromatic rings. The zero-order valence-corrected chi connectivity index (χ0v) is 10.3. The Morgan fingerprint density at radius 3 is 3.06 bits per heavy atom. The zero-order chi connectivity index (χ0) is 12.4. The van der Waals surface area contributed by atoms with Crippen LogP contribution in [-0.2, 0) is 4.79 Å². The predicted octanol–water partition coefficient (Wildman–Crippen LogP) is 1.09. The van der Waals surface area contributed by atoms with Crippen LogP contribution in [0.15, 0.2) is 6.20 Å². The molecule has 0 bridgehead atoms. The summed E-state index contributed by atoms with van der Waals surface area (Å²) >= 11 is 0. The lowest BCUT2D eigenvalue weighted by atomic mass is 9.92. The number of rotatable bonds is 1. The number of anilines is 1. The Balaban J connectivity index is 2.21. The Bertz CT molecular complexity index is 433. The molecule has 1 amide bonds. The lowest BCUT2D eigenvalue weighted by Crippen LogP contribution is -2.38. The number of nitrogen functional groups attached to an aromatic ring is 1. The summed E-state index contributed by atoms with van der Waals surface area (Å²) in [5.74, 6) is 0.734. The van der Waals surface area contributed by atoms with Crippen molar-refractivity contribution in [3.63, 3.8) is 0 Å². The minimum absolute atomic E-state index is 0.134. The molecule has 5 nitrogen and oxygen atoms in total. The van der Waals surface area contributed by atoms with Crippen LogP contribution in [0.2, 0.25) is 0 Å². The first kappa shape index (κ1) is 11.8. The molecule has 0 aliphatic carbocycles. The highest BCUT2D eigenvalue weighted by Crippen LogP contribution is 2.27. The second-order valence-electron chi connectivity index (χ2n) is 4.60. The molecular formula is C12H18N4O. The van der Waals surface area contributed by atoms with E-state index in [1.165, 1.54) is 0 Å². The van der Waals surface area contributed by atoms with Crippen LogP contribution in [0.25, 0.3) is 0 Å². The normalized spacial score (nSPS) is 20.4. The van der Waals surface area contributed by atoms with Gasteiger partial charge in [-0.1, -0.05) is 0 Å². The molecule has 2 rings (SSSR count). The van der Waals surface area contributed by atoms with E-state index in [4.69, 9.17) is 5.73 Å². The van der Waals surface area contributed by atoms with Crippen LogP contribution >= 0.6 is 0 Å². The number of nitrogens with two attached hydrogens (primary N) is 1. The van der Waals surface area contributed by atoms with E-state index in [0.717, 1.165) is 37.2 Å². The molecule has 0 saturated carbocycles. The second kappa shape index (κ2) is 4.69. The molecule has 1 aliphatic rings. The van der Waals surface area contributed by atoms with Gasteiger partial charge in [0.05, 0.1) is 5.69 Å². The predicted molar refractivity (Wildman–Crippen MR) is 65.4 cm³/mol. The highest BCUT2D eigenvalue weighted by atomic mass is 16.2. The topological polar surface area (TPSA) is 72.1 Å². The Hall–Kier alpha value is -1.65. The lowest BCUT2D eigenvalue weighted by Gasteiger charge is -2.32. The van der Waals surface area contributed by atoms with Crippen molar-refractivity contribution in [1.29, 1.82) is 0 Å². The van der Waals surface area contributed by atoms with Gasteiger partial charge in [0.25, 0.3) is 0 Å². The number of carbonyl (C=O) groups excluding carboxylic acids is 1. The number of aromatic nitrogens is 2. The van der Waals surface area contributed by atoms with E-state index in [-0.39, 0.29) is 11.8 Å². The number of hydrogen-bond acceptors (Lipinski definition) is 4. The highest BCUT2D eigenvalue weighted by molar-refractivity contribution is 5.73. The second-order valence-corrected chi connectivity index (χ2v) is 4.60. The molecule has 1 aromatic heterocycles. The maximum atomic E-state index is 11.4. The average molecular weight is 234 g/mol. The summed E-state index contributed by atoms with van der Waals surface area (Å²) in [6, 6.07) is 0. The van der Waals surface area contributed by atoms with Crippen LogP contribution in [0.5, 0.6) is 0 Å². The van der Waals surface area contributed by atoms with Gasteiger partial charge in [0.2, 0.25) is 11.9 Å². The van der Waals surface area contributed by atoms with Crippen LogP contribution in [0.3, 0.4) is 0 Å². The van der Waals surface area contributed by atoms with Gasteiger partial charge in [-0.3, -0.25) is 4.79 Å². The number of aryl methyl sites for hydroxylation is 1. The third-order valence-corrected chi connectivity index (χ3v) is 3.28. The third kappa shape index (κ3) is 2.54. The van der Waals surface area contributed by atoms with Crippen molar-refractivity contribution in [2.24, 2.45) is 0 Å². The van der Waals surface area contributed by atoms with Gasteiger partial charge in [-0.15, -0.1) is 0 Å². The number of likely N-dealkylation sites (tertiary alicyclic amines) is 1. The molecule has 5 heteroatoms. The number of carbonyl (C=O) groups is 1. The maximum absolute atomic E-state index is 11.4. The van der Waals surface area contributed by atoms with Gasteiger partial charge in [0.15, 0.2) is 0 Å². The summed E-state index contributed by atoms with van der Waals surface area (Å²) in [7, 11) is 0. The smallest absolute Gasteiger partial charge is 0.220 e. The summed E-state index contributed by atoms with van der Waals surface area (Å²) in [4.78, 5) is 21.6. The Labute approximate surface area is 101 Å². The Morgan fingerprint density at radius 2 is 2.35 bits per heavy atom. The number of amides is 1. The van der Waals surface area contributed by atoms with Crippen molar-refractivity contribution < 1.29 is 4.79 Å². The first-order valence-electron chi connectivity index (χ1n) is 5.92. The molecule has 2 N–H and O–H groups in total. The van der Waals surface area contributed by atoms with Crippen LogP contribution in [0.4, 0.5) is 5.95 Å². The molecule has 1 saturated heterocycles. The lowest BCUT2D eigenvalue weighted by molar-refractivity contribution is -0.130. The average Bonchev–Trinajstić information content (AvgIpc) is 2.32. The number of nitrogens with zero attached hydrogens (tertiary/aromatic N) is 3. The summed E-state index contributed by atoms with van der Waals surface area (Å²) in [5, 5.41) is 0. The van der Waals surface area contributed by atoms with Crippen molar-refractivity contribution in [3.05, 3.63) is 17.5 Å². The monoisotopic (exact) mass is 234 g/mol. The Kier molecular flexibility index (Phi) is 3.26. The van der Waals surface area contributed by atoms with Crippen LogP contribution in [0.1, 0.15) is 36.9 Å². The zero-order valence-electron chi connectivity index (χ0n) is 10.3. The summed E-state index contributed by atoms with van der Waals surface area (Å²) in [6.45, 7) is 5.20. The largest absolute Gasteiger partial charge is 0.368 e. The molecule has 1 fully saturated rings. The molecule has 1 atom stereocenters. The molecule has 0 unspecified atom stereocenters. The van der Waals surface area contributed by atoms with Crippen molar-refractivity contribution >= 4 is 11.9 Å². The summed E-state index contributed by atoms with van der Waals surface area (Å²) < 4.78 is 0. The molecular weight excluding hydrogens is 216 g/mol. The van der Waals surface area contributed by atoms with Gasteiger partial charge < -0.3 is 10.6 Å². The van der Waals surface area contributed by atoms with E-state index < -0.39 is 0 Å². The van der Waals surface area contributed by atoms with Gasteiger partial charge in [-0.25, -0.2) is 9.97 Å². The van der Waals surface area contributed by atoms with Gasteiger partial charge in [-0.2, -0.15) is 0 Å². The fourth-order valence-electron chi connectivity index (χ4n) is 2.37. The third-order valence-electron chi connectivity index (χ3n) is 3.28. The van der Waals surface area contributed by atoms with E-state index in [0.29, 0.717) is 5.95 Å². The van der Waals surface area contributed by atoms with Crippen molar-refractivity contribution in [2.75, 3.05) is 18.8 Å². The fourth-order valence-corrected chi connectivity index (χ4v) is 2.37. The molecule has 1 aliphatic heterocycles. The summed E-state index contributed by atoms with van der Waals surface area (Å²) in [6.07, 6.45) is 3.83. The number of piperidine rings is 1. The highest BCUT2D eigenvalue weighted by Gasteiger charge is 2.25. The molecule has 92 valence electrons. The minimum atomic E-state index is 0.134. The van der Waals surface area contributed by atoms with Crippen molar-refractivity contribution in [3.8, 4) is 0 Å². The molecule has 2 heterocycles. The quantitative estimate of drug-likeness (QED) is 0.789. The minimum Gasteiger partial charge on any atom is -0.368 e. The van der Waals surface area contributed by atoms with Gasteiger partial charge in [0, 0.05) is 32.1 Å².